The van der Waals surface area contributed by atoms with Crippen LogP contribution in [0.4, 0.5) is 5.69 Å². The normalized spacial score (nSPS) is 10.1. The highest BCUT2D eigenvalue weighted by atomic mass is 16.4. The summed E-state index contributed by atoms with van der Waals surface area (Å²) in [6.07, 6.45) is 2.74. The number of hydrogen-bond acceptors (Lipinski definition) is 3. The van der Waals surface area contributed by atoms with Crippen molar-refractivity contribution in [2.75, 3.05) is 5.73 Å². The average molecular weight is 203 g/mol. The number of carboxylic acids is 1. The molecule has 2 rings (SSSR count). The molecular formula is C10H9N3O2. The topological polar surface area (TPSA) is 81.1 Å². The van der Waals surface area contributed by atoms with Gasteiger partial charge in [-0.15, -0.1) is 0 Å². The van der Waals surface area contributed by atoms with Crippen molar-refractivity contribution < 1.29 is 9.90 Å². The molecule has 1 aromatic carbocycles. The van der Waals surface area contributed by atoms with Gasteiger partial charge in [0.25, 0.3) is 0 Å². The first-order valence-electron chi connectivity index (χ1n) is 4.31. The maximum absolute atomic E-state index is 10.6. The van der Waals surface area contributed by atoms with Crippen LogP contribution >= 0.6 is 0 Å². The third-order valence-electron chi connectivity index (χ3n) is 1.96. The smallest absolute Gasteiger partial charge is 0.338 e. The largest absolute Gasteiger partial charge is 0.478 e. The van der Waals surface area contributed by atoms with Crippen molar-refractivity contribution >= 4 is 11.7 Å². The van der Waals surface area contributed by atoms with Crippen LogP contribution in [0.3, 0.4) is 0 Å². The van der Waals surface area contributed by atoms with Crippen LogP contribution in [0.1, 0.15) is 10.4 Å². The number of carbonyl (C=O) groups is 1. The molecule has 0 atom stereocenters. The highest BCUT2D eigenvalue weighted by molar-refractivity contribution is 5.86. The van der Waals surface area contributed by atoms with Gasteiger partial charge in [-0.05, 0) is 18.2 Å². The summed E-state index contributed by atoms with van der Waals surface area (Å²) in [7, 11) is 0. The Bertz CT molecular complexity index is 505. The van der Waals surface area contributed by atoms with Gasteiger partial charge in [0, 0.05) is 11.9 Å². The number of aromatic nitrogens is 2. The molecule has 5 nitrogen and oxygen atoms in total. The summed E-state index contributed by atoms with van der Waals surface area (Å²) in [5.41, 5.74) is 7.10. The fourth-order valence-corrected chi connectivity index (χ4v) is 1.24. The Kier molecular flexibility index (Phi) is 2.13. The molecule has 0 aliphatic heterocycles. The molecule has 0 radical (unpaired) electrons. The maximum Gasteiger partial charge on any atom is 0.338 e. The third kappa shape index (κ3) is 1.80. The molecule has 0 aliphatic rings. The molecule has 2 aromatic rings. The number of rotatable bonds is 2. The molecule has 0 saturated carbocycles. The Morgan fingerprint density at radius 2 is 2.27 bits per heavy atom. The molecule has 15 heavy (non-hydrogen) atoms. The monoisotopic (exact) mass is 203 g/mol. The van der Waals surface area contributed by atoms with Crippen molar-refractivity contribution in [3.05, 3.63) is 42.2 Å². The highest BCUT2D eigenvalue weighted by Crippen LogP contribution is 2.11. The summed E-state index contributed by atoms with van der Waals surface area (Å²) in [5.74, 6) is -0.995. The van der Waals surface area contributed by atoms with E-state index >= 15 is 0 Å². The summed E-state index contributed by atoms with van der Waals surface area (Å²) in [4.78, 5) is 10.6. The first kappa shape index (κ1) is 9.26. The van der Waals surface area contributed by atoms with Gasteiger partial charge in [0.15, 0.2) is 0 Å². The van der Waals surface area contributed by atoms with Crippen molar-refractivity contribution in [3.63, 3.8) is 0 Å². The summed E-state index contributed by atoms with van der Waals surface area (Å²) >= 11 is 0. The first-order valence-corrected chi connectivity index (χ1v) is 4.31. The summed E-state index contributed by atoms with van der Waals surface area (Å²) in [5, 5.41) is 12.7. The lowest BCUT2D eigenvalue weighted by molar-refractivity contribution is 0.0697. The molecule has 0 amide bonds. The Morgan fingerprint density at radius 1 is 1.47 bits per heavy atom. The molecule has 0 spiro atoms. The van der Waals surface area contributed by atoms with Gasteiger partial charge in [-0.2, -0.15) is 5.10 Å². The van der Waals surface area contributed by atoms with Crippen LogP contribution in [0.5, 0.6) is 0 Å². The number of carboxylic acid groups (broad SMARTS) is 1. The Hall–Kier alpha value is -2.30. The van der Waals surface area contributed by atoms with Crippen molar-refractivity contribution in [1.29, 1.82) is 0 Å². The van der Waals surface area contributed by atoms with Gasteiger partial charge in [0.1, 0.15) is 0 Å². The maximum atomic E-state index is 10.6. The number of nitrogen functional groups attached to an aromatic ring is 1. The van der Waals surface area contributed by atoms with Gasteiger partial charge in [-0.1, -0.05) is 6.07 Å². The molecular weight excluding hydrogens is 194 g/mol. The minimum Gasteiger partial charge on any atom is -0.478 e. The van der Waals surface area contributed by atoms with Crippen LogP contribution in [0.2, 0.25) is 0 Å². The number of hydrogen-bond donors (Lipinski definition) is 2. The van der Waals surface area contributed by atoms with E-state index in [-0.39, 0.29) is 5.56 Å². The summed E-state index contributed by atoms with van der Waals surface area (Å²) in [6.45, 7) is 0. The number of aromatic carboxylic acids is 1. The zero-order valence-corrected chi connectivity index (χ0v) is 7.79. The van der Waals surface area contributed by atoms with E-state index in [9.17, 15) is 4.79 Å². The molecule has 5 heteroatoms. The third-order valence-corrected chi connectivity index (χ3v) is 1.96. The Morgan fingerprint density at radius 3 is 2.87 bits per heavy atom. The number of nitrogens with zero attached hydrogens (tertiary/aromatic N) is 2. The summed E-state index contributed by atoms with van der Waals surface area (Å²) in [6, 6.07) is 7.06. The zero-order chi connectivity index (χ0) is 10.8. The van der Waals surface area contributed by atoms with Crippen LogP contribution in [0.25, 0.3) is 5.69 Å². The van der Waals surface area contributed by atoms with Crippen molar-refractivity contribution in [3.8, 4) is 5.69 Å². The fourth-order valence-electron chi connectivity index (χ4n) is 1.24. The molecule has 0 unspecified atom stereocenters. The number of nitrogens with two attached hydrogens (primary N) is 1. The Balaban J connectivity index is 2.41. The standard InChI is InChI=1S/C10H9N3O2/c11-8-2-1-3-9(4-8)13-6-7(5-12-13)10(14)15/h1-6H,11H2,(H,14,15). The lowest BCUT2D eigenvalue weighted by atomic mass is 10.3. The van der Waals surface area contributed by atoms with Crippen LogP contribution in [0, 0.1) is 0 Å². The molecule has 0 bridgehead atoms. The number of anilines is 1. The SMILES string of the molecule is Nc1cccc(-n2cc(C(=O)O)cn2)c1. The van der Waals surface area contributed by atoms with E-state index in [1.54, 1.807) is 24.3 Å². The quantitative estimate of drug-likeness (QED) is 0.717. The molecule has 76 valence electrons. The van der Waals surface area contributed by atoms with Crippen LogP contribution in [-0.4, -0.2) is 20.9 Å². The van der Waals surface area contributed by atoms with E-state index < -0.39 is 5.97 Å². The van der Waals surface area contributed by atoms with Gasteiger partial charge in [0.05, 0.1) is 17.4 Å². The predicted molar refractivity (Wildman–Crippen MR) is 54.9 cm³/mol. The van der Waals surface area contributed by atoms with Crippen molar-refractivity contribution in [2.45, 2.75) is 0 Å². The molecule has 1 aromatic heterocycles. The number of benzene rings is 1. The average Bonchev–Trinajstić information content (AvgIpc) is 2.66. The zero-order valence-electron chi connectivity index (χ0n) is 7.79. The second kappa shape index (κ2) is 3.45. The van der Waals surface area contributed by atoms with Gasteiger partial charge in [0.2, 0.25) is 0 Å². The van der Waals surface area contributed by atoms with Crippen molar-refractivity contribution in [1.82, 2.24) is 9.78 Å². The van der Waals surface area contributed by atoms with E-state index in [1.165, 1.54) is 17.1 Å². The van der Waals surface area contributed by atoms with Gasteiger partial charge in [-0.25, -0.2) is 9.48 Å². The van der Waals surface area contributed by atoms with Crippen molar-refractivity contribution in [2.24, 2.45) is 0 Å². The van der Waals surface area contributed by atoms with Gasteiger partial charge >= 0.3 is 5.97 Å². The minimum absolute atomic E-state index is 0.150. The molecule has 0 saturated heterocycles. The highest BCUT2D eigenvalue weighted by Gasteiger charge is 2.06. The fraction of sp³-hybridized carbons (Fsp3) is 0. The van der Waals surface area contributed by atoms with Crippen LogP contribution in [-0.2, 0) is 0 Å². The lowest BCUT2D eigenvalue weighted by Gasteiger charge is -2.01. The lowest BCUT2D eigenvalue weighted by Crippen LogP contribution is -1.96. The molecule has 1 heterocycles. The van der Waals surface area contributed by atoms with E-state index in [2.05, 4.69) is 5.10 Å². The molecule has 0 aliphatic carbocycles. The van der Waals surface area contributed by atoms with E-state index in [4.69, 9.17) is 10.8 Å². The summed E-state index contributed by atoms with van der Waals surface area (Å²) < 4.78 is 1.47. The minimum atomic E-state index is -0.995. The molecule has 3 N–H and O–H groups in total. The van der Waals surface area contributed by atoms with Crippen LogP contribution in [0.15, 0.2) is 36.7 Å². The second-order valence-corrected chi connectivity index (χ2v) is 3.07. The van der Waals surface area contributed by atoms with Crippen LogP contribution < -0.4 is 5.73 Å². The predicted octanol–water partition coefficient (Wildman–Crippen LogP) is 1.15. The van der Waals surface area contributed by atoms with E-state index in [1.807, 2.05) is 0 Å². The Labute approximate surface area is 85.8 Å². The van der Waals surface area contributed by atoms with Gasteiger partial charge < -0.3 is 10.8 Å². The van der Waals surface area contributed by atoms with Gasteiger partial charge in [-0.3, -0.25) is 0 Å². The second-order valence-electron chi connectivity index (χ2n) is 3.07. The van der Waals surface area contributed by atoms with E-state index in [0.717, 1.165) is 5.69 Å². The van der Waals surface area contributed by atoms with E-state index in [0.29, 0.717) is 5.69 Å². The molecule has 0 fully saturated rings. The first-order chi connectivity index (χ1) is 7.16.